The normalized spacial score (nSPS) is 11.2. The second-order valence-electron chi connectivity index (χ2n) is 4.96. The molecule has 0 aromatic carbocycles. The van der Waals surface area contributed by atoms with E-state index in [-0.39, 0.29) is 11.4 Å². The van der Waals surface area contributed by atoms with Gasteiger partial charge in [0.05, 0.1) is 12.2 Å². The Kier molecular flexibility index (Phi) is 3.93. The molecular weight excluding hydrogens is 206 g/mol. The number of carbonyl (C=O) groups is 1. The number of oxazole rings is 1. The van der Waals surface area contributed by atoms with Crippen molar-refractivity contribution in [3.8, 4) is 0 Å². The lowest BCUT2D eigenvalue weighted by molar-refractivity contribution is 0.234. The number of urea groups is 1. The van der Waals surface area contributed by atoms with Crippen LogP contribution in [-0.2, 0) is 6.54 Å². The summed E-state index contributed by atoms with van der Waals surface area (Å²) in [6.07, 6.45) is 1.37. The maximum atomic E-state index is 11.4. The lowest BCUT2D eigenvalue weighted by atomic mass is 9.97. The molecule has 0 aliphatic rings. The zero-order chi connectivity index (χ0) is 12.2. The average Bonchev–Trinajstić information content (AvgIpc) is 2.57. The first-order valence-electron chi connectivity index (χ1n) is 5.29. The molecule has 0 saturated heterocycles. The van der Waals surface area contributed by atoms with Crippen molar-refractivity contribution in [2.45, 2.75) is 34.2 Å². The fraction of sp³-hybridized carbons (Fsp3) is 0.636. The Bertz CT molecular complexity index is 352. The molecule has 5 nitrogen and oxygen atoms in total. The van der Waals surface area contributed by atoms with Gasteiger partial charge in [0.1, 0.15) is 5.76 Å². The molecule has 1 aromatic rings. The Balaban J connectivity index is 2.29. The van der Waals surface area contributed by atoms with E-state index in [9.17, 15) is 4.79 Å². The molecule has 5 heteroatoms. The third-order valence-corrected chi connectivity index (χ3v) is 2.03. The van der Waals surface area contributed by atoms with E-state index >= 15 is 0 Å². The summed E-state index contributed by atoms with van der Waals surface area (Å²) in [5.74, 6) is 0.686. The van der Waals surface area contributed by atoms with Gasteiger partial charge in [-0.2, -0.15) is 0 Å². The summed E-state index contributed by atoms with van der Waals surface area (Å²) in [6, 6.07) is -0.189. The molecule has 1 heterocycles. The molecule has 1 rings (SSSR count). The summed E-state index contributed by atoms with van der Waals surface area (Å²) in [4.78, 5) is 15.4. The van der Waals surface area contributed by atoms with Gasteiger partial charge < -0.3 is 15.1 Å². The van der Waals surface area contributed by atoms with E-state index in [1.54, 1.807) is 0 Å². The Morgan fingerprint density at radius 1 is 1.44 bits per heavy atom. The summed E-state index contributed by atoms with van der Waals surface area (Å²) < 4.78 is 5.11. The van der Waals surface area contributed by atoms with Crippen LogP contribution in [0, 0.1) is 12.3 Å². The van der Waals surface area contributed by atoms with Crippen LogP contribution in [0.3, 0.4) is 0 Å². The molecule has 90 valence electrons. The SMILES string of the molecule is Cc1ncoc1CNC(=O)NCC(C)(C)C. The van der Waals surface area contributed by atoms with Crippen LogP contribution in [0.4, 0.5) is 4.79 Å². The van der Waals surface area contributed by atoms with Crippen LogP contribution < -0.4 is 10.6 Å². The quantitative estimate of drug-likeness (QED) is 0.824. The Labute approximate surface area is 95.6 Å². The van der Waals surface area contributed by atoms with Gasteiger partial charge in [-0.3, -0.25) is 0 Å². The van der Waals surface area contributed by atoms with Crippen molar-refractivity contribution in [2.24, 2.45) is 5.41 Å². The van der Waals surface area contributed by atoms with Crippen LogP contribution in [0.5, 0.6) is 0 Å². The predicted molar refractivity (Wildman–Crippen MR) is 60.9 cm³/mol. The van der Waals surface area contributed by atoms with E-state index in [1.165, 1.54) is 6.39 Å². The van der Waals surface area contributed by atoms with Gasteiger partial charge in [-0.25, -0.2) is 9.78 Å². The third-order valence-electron chi connectivity index (χ3n) is 2.03. The lowest BCUT2D eigenvalue weighted by Crippen LogP contribution is -2.39. The number of nitrogens with one attached hydrogen (secondary N) is 2. The van der Waals surface area contributed by atoms with E-state index in [0.717, 1.165) is 5.69 Å². The van der Waals surface area contributed by atoms with Crippen molar-refractivity contribution < 1.29 is 9.21 Å². The topological polar surface area (TPSA) is 67.2 Å². The summed E-state index contributed by atoms with van der Waals surface area (Å²) in [5, 5.41) is 5.51. The largest absolute Gasteiger partial charge is 0.446 e. The molecule has 0 atom stereocenters. The Hall–Kier alpha value is -1.52. The molecule has 0 fully saturated rings. The van der Waals surface area contributed by atoms with E-state index in [1.807, 2.05) is 6.92 Å². The van der Waals surface area contributed by atoms with Crippen molar-refractivity contribution in [1.82, 2.24) is 15.6 Å². The smallest absolute Gasteiger partial charge is 0.315 e. The number of aryl methyl sites for hydroxylation is 1. The van der Waals surface area contributed by atoms with Crippen LogP contribution in [0.2, 0.25) is 0 Å². The number of carbonyl (C=O) groups excluding carboxylic acids is 1. The summed E-state index contributed by atoms with van der Waals surface area (Å²) >= 11 is 0. The fourth-order valence-electron chi connectivity index (χ4n) is 1.06. The van der Waals surface area contributed by atoms with Gasteiger partial charge in [0.25, 0.3) is 0 Å². The first-order valence-corrected chi connectivity index (χ1v) is 5.29. The van der Waals surface area contributed by atoms with Crippen molar-refractivity contribution in [3.05, 3.63) is 17.8 Å². The molecule has 0 unspecified atom stereocenters. The second kappa shape index (κ2) is 5.01. The molecule has 1 aromatic heterocycles. The van der Waals surface area contributed by atoms with Crippen LogP contribution in [-0.4, -0.2) is 17.6 Å². The number of hydrogen-bond acceptors (Lipinski definition) is 3. The molecule has 16 heavy (non-hydrogen) atoms. The van der Waals surface area contributed by atoms with Crippen molar-refractivity contribution >= 4 is 6.03 Å². The van der Waals surface area contributed by atoms with Gasteiger partial charge in [-0.1, -0.05) is 20.8 Å². The Morgan fingerprint density at radius 3 is 2.62 bits per heavy atom. The first kappa shape index (κ1) is 12.5. The maximum Gasteiger partial charge on any atom is 0.315 e. The van der Waals surface area contributed by atoms with Crippen molar-refractivity contribution in [3.63, 3.8) is 0 Å². The molecule has 0 spiro atoms. The highest BCUT2D eigenvalue weighted by molar-refractivity contribution is 5.73. The van der Waals surface area contributed by atoms with Gasteiger partial charge in [-0.05, 0) is 12.3 Å². The zero-order valence-corrected chi connectivity index (χ0v) is 10.3. The molecular formula is C11H19N3O2. The minimum atomic E-state index is -0.189. The molecule has 0 radical (unpaired) electrons. The molecule has 0 bridgehead atoms. The van der Waals surface area contributed by atoms with Gasteiger partial charge in [0, 0.05) is 6.54 Å². The van der Waals surface area contributed by atoms with Crippen LogP contribution in [0.25, 0.3) is 0 Å². The van der Waals surface area contributed by atoms with Gasteiger partial charge in [0.2, 0.25) is 0 Å². The molecule has 0 saturated carbocycles. The number of rotatable bonds is 3. The highest BCUT2D eigenvalue weighted by Crippen LogP contribution is 2.10. The number of aromatic nitrogens is 1. The van der Waals surface area contributed by atoms with Crippen LogP contribution in [0.15, 0.2) is 10.8 Å². The van der Waals surface area contributed by atoms with E-state index in [2.05, 4.69) is 36.4 Å². The minimum Gasteiger partial charge on any atom is -0.446 e. The zero-order valence-electron chi connectivity index (χ0n) is 10.3. The van der Waals surface area contributed by atoms with Crippen LogP contribution >= 0.6 is 0 Å². The van der Waals surface area contributed by atoms with Crippen molar-refractivity contribution in [2.75, 3.05) is 6.54 Å². The van der Waals surface area contributed by atoms with E-state index in [4.69, 9.17) is 4.42 Å². The number of amides is 2. The minimum absolute atomic E-state index is 0.0828. The first-order chi connectivity index (χ1) is 7.38. The molecule has 2 amide bonds. The highest BCUT2D eigenvalue weighted by Gasteiger charge is 2.12. The second-order valence-corrected chi connectivity index (χ2v) is 4.96. The summed E-state index contributed by atoms with van der Waals surface area (Å²) in [7, 11) is 0. The third kappa shape index (κ3) is 4.33. The molecule has 0 aliphatic heterocycles. The van der Waals surface area contributed by atoms with E-state index in [0.29, 0.717) is 18.8 Å². The predicted octanol–water partition coefficient (Wildman–Crippen LogP) is 1.83. The molecule has 2 N–H and O–H groups in total. The van der Waals surface area contributed by atoms with Crippen molar-refractivity contribution in [1.29, 1.82) is 0 Å². The maximum absolute atomic E-state index is 11.4. The Morgan fingerprint density at radius 2 is 2.12 bits per heavy atom. The average molecular weight is 225 g/mol. The standard InChI is InChI=1S/C11H19N3O2/c1-8-9(16-7-14-8)5-12-10(15)13-6-11(2,3)4/h7H,5-6H2,1-4H3,(H2,12,13,15). The van der Waals surface area contributed by atoms with Gasteiger partial charge in [-0.15, -0.1) is 0 Å². The summed E-state index contributed by atoms with van der Waals surface area (Å²) in [6.45, 7) is 9.03. The molecule has 0 aliphatic carbocycles. The summed E-state index contributed by atoms with van der Waals surface area (Å²) in [5.41, 5.74) is 0.885. The van der Waals surface area contributed by atoms with Gasteiger partial charge >= 0.3 is 6.03 Å². The number of hydrogen-bond donors (Lipinski definition) is 2. The van der Waals surface area contributed by atoms with E-state index < -0.39 is 0 Å². The highest BCUT2D eigenvalue weighted by atomic mass is 16.3. The van der Waals surface area contributed by atoms with Gasteiger partial charge in [0.15, 0.2) is 6.39 Å². The lowest BCUT2D eigenvalue weighted by Gasteiger charge is -2.18. The number of nitrogens with zero attached hydrogens (tertiary/aromatic N) is 1. The van der Waals surface area contributed by atoms with Crippen LogP contribution in [0.1, 0.15) is 32.2 Å². The monoisotopic (exact) mass is 225 g/mol. The fourth-order valence-corrected chi connectivity index (χ4v) is 1.06.